The van der Waals surface area contributed by atoms with E-state index in [1.165, 1.54) is 0 Å². The molecule has 0 aromatic carbocycles. The van der Waals surface area contributed by atoms with E-state index in [0.29, 0.717) is 0 Å². The first-order valence-corrected chi connectivity index (χ1v) is 2.09. The number of nitroso groups, excluding NO2 is 2. The van der Waals surface area contributed by atoms with Crippen LogP contribution < -0.4 is 0 Å². The molecule has 0 unspecified atom stereocenters. The van der Waals surface area contributed by atoms with Gasteiger partial charge in [0, 0.05) is 6.07 Å². The molecule has 6 nitrogen and oxygen atoms in total. The summed E-state index contributed by atoms with van der Waals surface area (Å²) in [6.45, 7) is 0. The topological polar surface area (TPSA) is 87.5 Å². The Bertz CT molecular complexity index is 207. The molecule has 1 heterocycles. The Kier molecular flexibility index (Phi) is 1.31. The quantitative estimate of drug-likeness (QED) is 0.604. The van der Waals surface area contributed by atoms with E-state index >= 15 is 0 Å². The molecule has 1 aromatic heterocycles. The maximum atomic E-state index is 9.67. The van der Waals surface area contributed by atoms with Crippen LogP contribution in [0.2, 0.25) is 0 Å². The number of aromatic nitrogens is 2. The van der Waals surface area contributed by atoms with Crippen molar-refractivity contribution in [1.29, 1.82) is 0 Å². The fourth-order valence-corrected chi connectivity index (χ4v) is 0.395. The molecule has 46 valence electrons. The first-order valence-electron chi connectivity index (χ1n) is 2.09. The van der Waals surface area contributed by atoms with Crippen molar-refractivity contribution in [3.05, 3.63) is 15.9 Å². The highest BCUT2D eigenvalue weighted by Gasteiger charge is 1.97. The van der Waals surface area contributed by atoms with E-state index in [2.05, 4.69) is 20.6 Å². The van der Waals surface area contributed by atoms with Crippen molar-refractivity contribution in [2.24, 2.45) is 10.4 Å². The van der Waals surface area contributed by atoms with Crippen LogP contribution in [0.1, 0.15) is 0 Å². The molecule has 0 bridgehead atoms. The summed E-state index contributed by atoms with van der Waals surface area (Å²) >= 11 is 0. The van der Waals surface area contributed by atoms with Gasteiger partial charge in [-0.15, -0.1) is 14.9 Å². The van der Waals surface area contributed by atoms with Crippen LogP contribution in [-0.2, 0) is 0 Å². The number of rotatable bonds is 2. The average molecular weight is 126 g/mol. The summed E-state index contributed by atoms with van der Waals surface area (Å²) in [6, 6.07) is 1.15. The van der Waals surface area contributed by atoms with Crippen molar-refractivity contribution in [2.45, 2.75) is 0 Å². The lowest BCUT2D eigenvalue weighted by Gasteiger charge is -1.66. The zero-order valence-electron chi connectivity index (χ0n) is 4.24. The number of hydrogen-bond donors (Lipinski definition) is 1. The summed E-state index contributed by atoms with van der Waals surface area (Å²) < 4.78 is 0. The summed E-state index contributed by atoms with van der Waals surface area (Å²) in [4.78, 5) is 19.3. The van der Waals surface area contributed by atoms with E-state index in [-0.39, 0.29) is 11.6 Å². The maximum Gasteiger partial charge on any atom is 0.219 e. The zero-order valence-corrected chi connectivity index (χ0v) is 4.24. The van der Waals surface area contributed by atoms with E-state index in [0.717, 1.165) is 6.07 Å². The summed E-state index contributed by atoms with van der Waals surface area (Å²) in [7, 11) is 0. The molecule has 0 radical (unpaired) electrons. The molecule has 0 spiro atoms. The van der Waals surface area contributed by atoms with Crippen LogP contribution in [0, 0.1) is 9.81 Å². The molecular weight excluding hydrogens is 124 g/mol. The Balaban J connectivity index is 2.98. The van der Waals surface area contributed by atoms with Crippen molar-refractivity contribution in [3.8, 4) is 0 Å². The normalized spacial score (nSPS) is 8.89. The Hall–Kier alpha value is -1.59. The van der Waals surface area contributed by atoms with E-state index in [9.17, 15) is 9.81 Å². The highest BCUT2D eigenvalue weighted by Crippen LogP contribution is 2.13. The van der Waals surface area contributed by atoms with Crippen LogP contribution in [0.5, 0.6) is 0 Å². The fourth-order valence-electron chi connectivity index (χ4n) is 0.395. The van der Waals surface area contributed by atoms with E-state index in [1.807, 2.05) is 0 Å². The van der Waals surface area contributed by atoms with Crippen LogP contribution in [0.25, 0.3) is 0 Å². The van der Waals surface area contributed by atoms with Crippen molar-refractivity contribution >= 4 is 11.6 Å². The predicted octanol–water partition coefficient (Wildman–Crippen LogP) is 1.21. The third kappa shape index (κ3) is 0.958. The summed E-state index contributed by atoms with van der Waals surface area (Å²) in [5.41, 5.74) is 0. The zero-order chi connectivity index (χ0) is 6.69. The van der Waals surface area contributed by atoms with Gasteiger partial charge < -0.3 is 0 Å². The van der Waals surface area contributed by atoms with E-state index in [1.54, 1.807) is 0 Å². The molecule has 1 aromatic rings. The van der Waals surface area contributed by atoms with Crippen LogP contribution in [0.3, 0.4) is 0 Å². The molecule has 1 N–H and O–H groups in total. The molecule has 0 aliphatic carbocycles. The first kappa shape index (κ1) is 5.54. The Labute approximate surface area is 49.2 Å². The molecular formula is C3H2N4O2. The molecule has 9 heavy (non-hydrogen) atoms. The number of aromatic amines is 1. The minimum Gasteiger partial charge on any atom is -0.256 e. The van der Waals surface area contributed by atoms with Crippen molar-refractivity contribution in [3.63, 3.8) is 0 Å². The van der Waals surface area contributed by atoms with Crippen LogP contribution in [0.4, 0.5) is 11.6 Å². The molecule has 0 saturated carbocycles. The summed E-state index contributed by atoms with van der Waals surface area (Å²) in [5.74, 6) is -0.0609. The largest absolute Gasteiger partial charge is 0.256 e. The van der Waals surface area contributed by atoms with Gasteiger partial charge in [0.05, 0.1) is 0 Å². The molecule has 0 saturated heterocycles. The smallest absolute Gasteiger partial charge is 0.219 e. The van der Waals surface area contributed by atoms with Gasteiger partial charge in [0.15, 0.2) is 5.82 Å². The molecule has 0 atom stereocenters. The van der Waals surface area contributed by atoms with Crippen molar-refractivity contribution in [1.82, 2.24) is 10.2 Å². The lowest BCUT2D eigenvalue weighted by atomic mass is 10.6. The van der Waals surface area contributed by atoms with Gasteiger partial charge in [-0.3, -0.25) is 5.10 Å². The van der Waals surface area contributed by atoms with Gasteiger partial charge in [0.1, 0.15) is 0 Å². The second-order valence-corrected chi connectivity index (χ2v) is 1.29. The minimum atomic E-state index is -0.0652. The van der Waals surface area contributed by atoms with Gasteiger partial charge in [-0.1, -0.05) is 0 Å². The van der Waals surface area contributed by atoms with E-state index in [4.69, 9.17) is 0 Å². The SMILES string of the molecule is O=Nc1cc(N=O)[nH]n1. The van der Waals surface area contributed by atoms with Gasteiger partial charge in [-0.2, -0.15) is 0 Å². The van der Waals surface area contributed by atoms with Gasteiger partial charge in [0.2, 0.25) is 5.82 Å². The highest BCUT2D eigenvalue weighted by molar-refractivity contribution is 5.38. The van der Waals surface area contributed by atoms with Crippen LogP contribution in [-0.4, -0.2) is 10.2 Å². The molecule has 0 aliphatic rings. The van der Waals surface area contributed by atoms with Crippen LogP contribution in [0.15, 0.2) is 16.4 Å². The standard InChI is InChI=1S/C3H2N4O2/c8-6-2-1-3(7-9)5-4-2/h1H,(H,4,5). The highest BCUT2D eigenvalue weighted by atomic mass is 16.3. The number of nitrogens with zero attached hydrogens (tertiary/aromatic N) is 3. The maximum absolute atomic E-state index is 9.67. The van der Waals surface area contributed by atoms with Gasteiger partial charge in [0.25, 0.3) is 0 Å². The average Bonchev–Trinajstić information content (AvgIpc) is 2.34. The number of H-pyrrole nitrogens is 1. The van der Waals surface area contributed by atoms with Gasteiger partial charge in [-0.05, 0) is 10.4 Å². The second-order valence-electron chi connectivity index (χ2n) is 1.29. The van der Waals surface area contributed by atoms with Crippen molar-refractivity contribution < 1.29 is 0 Å². The molecule has 1 rings (SSSR count). The van der Waals surface area contributed by atoms with Crippen molar-refractivity contribution in [2.75, 3.05) is 0 Å². The molecule has 0 aliphatic heterocycles. The van der Waals surface area contributed by atoms with Crippen LogP contribution >= 0.6 is 0 Å². The van der Waals surface area contributed by atoms with E-state index < -0.39 is 0 Å². The third-order valence-electron chi connectivity index (χ3n) is 0.743. The summed E-state index contributed by atoms with van der Waals surface area (Å²) in [5, 5.41) is 10.4. The summed E-state index contributed by atoms with van der Waals surface area (Å²) in [6.07, 6.45) is 0. The minimum absolute atomic E-state index is 0.00426. The Morgan fingerprint density at radius 3 is 2.56 bits per heavy atom. The third-order valence-corrected chi connectivity index (χ3v) is 0.743. The Morgan fingerprint density at radius 1 is 1.44 bits per heavy atom. The molecule has 0 fully saturated rings. The Morgan fingerprint density at radius 2 is 2.22 bits per heavy atom. The van der Waals surface area contributed by atoms with Gasteiger partial charge >= 0.3 is 0 Å². The molecule has 6 heteroatoms. The predicted molar refractivity (Wildman–Crippen MR) is 29.5 cm³/mol. The monoisotopic (exact) mass is 126 g/mol. The lowest BCUT2D eigenvalue weighted by Crippen LogP contribution is -1.61. The number of nitrogens with one attached hydrogen (secondary N) is 1. The number of hydrogen-bond acceptors (Lipinski definition) is 5. The van der Waals surface area contributed by atoms with Gasteiger partial charge in [-0.25, -0.2) is 0 Å². The second kappa shape index (κ2) is 2.12. The molecule has 0 amide bonds. The lowest BCUT2D eigenvalue weighted by molar-refractivity contribution is 1.07. The first-order chi connectivity index (χ1) is 4.36. The fraction of sp³-hybridized carbons (Fsp3) is 0.